The minimum atomic E-state index is 0.716. The summed E-state index contributed by atoms with van der Waals surface area (Å²) in [7, 11) is 0. The predicted molar refractivity (Wildman–Crippen MR) is 105 cm³/mol. The zero-order valence-corrected chi connectivity index (χ0v) is 15.3. The summed E-state index contributed by atoms with van der Waals surface area (Å²) in [4.78, 5) is 11.6. The molecule has 1 saturated heterocycles. The molecular weight excluding hydrogens is 338 g/mol. The molecule has 27 heavy (non-hydrogen) atoms. The molecule has 0 radical (unpaired) electrons. The fourth-order valence-corrected chi connectivity index (χ4v) is 3.73. The second kappa shape index (κ2) is 6.72. The number of H-pyrrole nitrogens is 1. The van der Waals surface area contributed by atoms with Crippen molar-refractivity contribution < 1.29 is 4.74 Å². The number of morpholine rings is 1. The van der Waals surface area contributed by atoms with Crippen LogP contribution >= 0.6 is 0 Å². The lowest BCUT2D eigenvalue weighted by Crippen LogP contribution is -2.35. The second-order valence-electron chi connectivity index (χ2n) is 7.04. The van der Waals surface area contributed by atoms with Crippen LogP contribution in [0.15, 0.2) is 42.6 Å². The summed E-state index contributed by atoms with van der Waals surface area (Å²) in [5.41, 5.74) is 6.07. The number of fused-ring (bicyclic) bond motifs is 2. The lowest BCUT2D eigenvalue weighted by atomic mass is 10.0. The Hall–Kier alpha value is -2.83. The first kappa shape index (κ1) is 16.4. The molecule has 1 aromatic carbocycles. The molecule has 0 saturated carbocycles. The predicted octanol–water partition coefficient (Wildman–Crippen LogP) is 3.31. The molecule has 0 unspecified atom stereocenters. The summed E-state index contributed by atoms with van der Waals surface area (Å²) < 4.78 is 5.44. The SMILES string of the molecule is Cc1cc(-c2[nH]nc3ncccc23)nc2ccc(CN3CCOCC3)cc12. The Morgan fingerprint density at radius 1 is 1.11 bits per heavy atom. The van der Waals surface area contributed by atoms with Crippen LogP contribution in [0.3, 0.4) is 0 Å². The first-order valence-corrected chi connectivity index (χ1v) is 9.28. The van der Waals surface area contributed by atoms with Gasteiger partial charge >= 0.3 is 0 Å². The van der Waals surface area contributed by atoms with Gasteiger partial charge < -0.3 is 4.74 Å². The fraction of sp³-hybridized carbons (Fsp3) is 0.286. The highest BCUT2D eigenvalue weighted by atomic mass is 16.5. The lowest BCUT2D eigenvalue weighted by Gasteiger charge is -2.26. The van der Waals surface area contributed by atoms with Crippen LogP contribution in [0.25, 0.3) is 33.3 Å². The van der Waals surface area contributed by atoms with Crippen molar-refractivity contribution in [3.8, 4) is 11.4 Å². The van der Waals surface area contributed by atoms with E-state index in [9.17, 15) is 0 Å². The number of benzene rings is 1. The van der Waals surface area contributed by atoms with Crippen LogP contribution in [-0.4, -0.2) is 51.4 Å². The molecule has 6 heteroatoms. The molecular formula is C21H21N5O. The molecule has 5 rings (SSSR count). The molecule has 1 fully saturated rings. The van der Waals surface area contributed by atoms with Gasteiger partial charge in [0.05, 0.1) is 30.1 Å². The summed E-state index contributed by atoms with van der Waals surface area (Å²) >= 11 is 0. The van der Waals surface area contributed by atoms with Gasteiger partial charge in [-0.25, -0.2) is 9.97 Å². The highest BCUT2D eigenvalue weighted by Gasteiger charge is 2.14. The van der Waals surface area contributed by atoms with Crippen LogP contribution in [0.2, 0.25) is 0 Å². The number of rotatable bonds is 3. The largest absolute Gasteiger partial charge is 0.379 e. The van der Waals surface area contributed by atoms with E-state index in [4.69, 9.17) is 9.72 Å². The van der Waals surface area contributed by atoms with Gasteiger partial charge in [-0.2, -0.15) is 5.10 Å². The minimum Gasteiger partial charge on any atom is -0.379 e. The average molecular weight is 359 g/mol. The third-order valence-corrected chi connectivity index (χ3v) is 5.18. The van der Waals surface area contributed by atoms with Crippen LogP contribution in [0.1, 0.15) is 11.1 Å². The van der Waals surface area contributed by atoms with E-state index in [-0.39, 0.29) is 0 Å². The third-order valence-electron chi connectivity index (χ3n) is 5.18. The van der Waals surface area contributed by atoms with Crippen LogP contribution in [0.5, 0.6) is 0 Å². The zero-order valence-electron chi connectivity index (χ0n) is 15.3. The van der Waals surface area contributed by atoms with E-state index in [2.05, 4.69) is 51.3 Å². The Morgan fingerprint density at radius 2 is 2.00 bits per heavy atom. The topological polar surface area (TPSA) is 66.9 Å². The van der Waals surface area contributed by atoms with Gasteiger partial charge in [-0.3, -0.25) is 10.00 Å². The first-order chi connectivity index (χ1) is 13.3. The molecule has 1 aliphatic rings. The number of aromatic amines is 1. The molecule has 0 amide bonds. The first-order valence-electron chi connectivity index (χ1n) is 9.28. The van der Waals surface area contributed by atoms with Gasteiger partial charge in [0, 0.05) is 36.6 Å². The van der Waals surface area contributed by atoms with E-state index in [1.807, 2.05) is 12.1 Å². The molecule has 1 N–H and O–H groups in total. The van der Waals surface area contributed by atoms with Gasteiger partial charge in [0.1, 0.15) is 0 Å². The quantitative estimate of drug-likeness (QED) is 0.608. The molecule has 1 aliphatic heterocycles. The molecule has 0 spiro atoms. The Kier molecular flexibility index (Phi) is 4.07. The number of aromatic nitrogens is 4. The van der Waals surface area contributed by atoms with Gasteiger partial charge in [-0.05, 0) is 48.4 Å². The Bertz CT molecular complexity index is 1110. The van der Waals surface area contributed by atoms with E-state index >= 15 is 0 Å². The van der Waals surface area contributed by atoms with Gasteiger partial charge in [0.15, 0.2) is 5.65 Å². The maximum Gasteiger partial charge on any atom is 0.181 e. The third kappa shape index (κ3) is 3.07. The molecule has 6 nitrogen and oxygen atoms in total. The highest BCUT2D eigenvalue weighted by Crippen LogP contribution is 2.28. The van der Waals surface area contributed by atoms with Gasteiger partial charge in [-0.15, -0.1) is 0 Å². The number of pyridine rings is 2. The molecule has 0 bridgehead atoms. The summed E-state index contributed by atoms with van der Waals surface area (Å²) in [6.45, 7) is 6.74. The average Bonchev–Trinajstić information content (AvgIpc) is 3.13. The van der Waals surface area contributed by atoms with E-state index < -0.39 is 0 Å². The van der Waals surface area contributed by atoms with Crippen molar-refractivity contribution in [3.05, 3.63) is 53.7 Å². The molecule has 4 heterocycles. The van der Waals surface area contributed by atoms with Gasteiger partial charge in [0.25, 0.3) is 0 Å². The van der Waals surface area contributed by atoms with Crippen LogP contribution in [0.4, 0.5) is 0 Å². The van der Waals surface area contributed by atoms with Crippen molar-refractivity contribution >= 4 is 21.9 Å². The van der Waals surface area contributed by atoms with E-state index in [1.165, 1.54) is 16.5 Å². The smallest absolute Gasteiger partial charge is 0.181 e. The molecule has 0 atom stereocenters. The van der Waals surface area contributed by atoms with E-state index in [0.717, 1.165) is 55.1 Å². The molecule has 3 aromatic heterocycles. The van der Waals surface area contributed by atoms with E-state index in [0.29, 0.717) is 5.65 Å². The molecule has 136 valence electrons. The molecule has 0 aliphatic carbocycles. The number of aryl methyl sites for hydroxylation is 1. The maximum atomic E-state index is 5.44. The Labute approximate surface area is 157 Å². The monoisotopic (exact) mass is 359 g/mol. The normalized spacial score (nSPS) is 15.6. The number of hydrogen-bond acceptors (Lipinski definition) is 5. The van der Waals surface area contributed by atoms with Crippen molar-refractivity contribution in [3.63, 3.8) is 0 Å². The molecule has 4 aromatic rings. The van der Waals surface area contributed by atoms with Crippen LogP contribution < -0.4 is 0 Å². The second-order valence-corrected chi connectivity index (χ2v) is 7.04. The number of nitrogens with one attached hydrogen (secondary N) is 1. The van der Waals surface area contributed by atoms with Gasteiger partial charge in [-0.1, -0.05) is 6.07 Å². The standard InChI is InChI=1S/C21H21N5O/c1-14-11-19(20-16-3-2-6-22-21(16)25-24-20)23-18-5-4-15(12-17(14)18)13-26-7-9-27-10-8-26/h2-6,11-12H,7-10,13H2,1H3,(H,22,24,25). The number of ether oxygens (including phenoxy) is 1. The highest BCUT2D eigenvalue weighted by molar-refractivity contribution is 5.92. The van der Waals surface area contributed by atoms with Crippen molar-refractivity contribution in [1.82, 2.24) is 25.1 Å². The number of hydrogen-bond donors (Lipinski definition) is 1. The van der Waals surface area contributed by atoms with Crippen LogP contribution in [-0.2, 0) is 11.3 Å². The lowest BCUT2D eigenvalue weighted by molar-refractivity contribution is 0.0342. The fourth-order valence-electron chi connectivity index (χ4n) is 3.73. The van der Waals surface area contributed by atoms with Crippen molar-refractivity contribution in [2.24, 2.45) is 0 Å². The Balaban J connectivity index is 1.52. The van der Waals surface area contributed by atoms with E-state index in [1.54, 1.807) is 6.20 Å². The van der Waals surface area contributed by atoms with Crippen molar-refractivity contribution in [1.29, 1.82) is 0 Å². The minimum absolute atomic E-state index is 0.716. The summed E-state index contributed by atoms with van der Waals surface area (Å²) in [5.74, 6) is 0. The Morgan fingerprint density at radius 3 is 2.89 bits per heavy atom. The summed E-state index contributed by atoms with van der Waals surface area (Å²) in [5, 5.41) is 9.58. The summed E-state index contributed by atoms with van der Waals surface area (Å²) in [6, 6.07) is 12.6. The zero-order chi connectivity index (χ0) is 18.2. The van der Waals surface area contributed by atoms with Gasteiger partial charge in [0.2, 0.25) is 0 Å². The van der Waals surface area contributed by atoms with Crippen molar-refractivity contribution in [2.45, 2.75) is 13.5 Å². The number of nitrogens with zero attached hydrogens (tertiary/aromatic N) is 4. The van der Waals surface area contributed by atoms with Crippen LogP contribution in [0, 0.1) is 6.92 Å². The summed E-state index contributed by atoms with van der Waals surface area (Å²) in [6.07, 6.45) is 1.75. The van der Waals surface area contributed by atoms with Crippen molar-refractivity contribution in [2.75, 3.05) is 26.3 Å². The maximum absolute atomic E-state index is 5.44.